The minimum absolute atomic E-state index is 0.0828. The molecule has 0 radical (unpaired) electrons. The van der Waals surface area contributed by atoms with Crippen molar-refractivity contribution in [1.82, 2.24) is 14.7 Å². The number of fused-ring (bicyclic) bond motifs is 1. The van der Waals surface area contributed by atoms with Gasteiger partial charge in [0.1, 0.15) is 5.65 Å². The second-order valence-electron chi connectivity index (χ2n) is 6.36. The number of carbonyl (C=O) groups is 1. The fraction of sp³-hybridized carbons (Fsp3) is 0.263. The molecule has 2 aromatic heterocycles. The molecule has 1 aliphatic rings. The van der Waals surface area contributed by atoms with Gasteiger partial charge in [0.2, 0.25) is 0 Å². The summed E-state index contributed by atoms with van der Waals surface area (Å²) in [5, 5.41) is 12.8. The molecule has 0 aliphatic heterocycles. The molecule has 2 heterocycles. The number of aromatic nitrogens is 2. The summed E-state index contributed by atoms with van der Waals surface area (Å²) in [7, 11) is 0. The maximum Gasteiger partial charge on any atom is 0.253 e. The summed E-state index contributed by atoms with van der Waals surface area (Å²) in [5.41, 5.74) is 2.49. The molecular weight excluding hydrogens is 302 g/mol. The Labute approximate surface area is 140 Å². The minimum Gasteiger partial charge on any atom is -0.393 e. The SMILES string of the molecule is O=C(N[C@H](c1ccccc1)C1CC(O)C1)c1ccc2nccn2c1. The first-order chi connectivity index (χ1) is 11.7. The second kappa shape index (κ2) is 6.09. The molecule has 1 aliphatic carbocycles. The highest BCUT2D eigenvalue weighted by Crippen LogP contribution is 2.38. The molecule has 1 aromatic carbocycles. The van der Waals surface area contributed by atoms with E-state index in [0.29, 0.717) is 5.56 Å². The van der Waals surface area contributed by atoms with Crippen molar-refractivity contribution in [3.63, 3.8) is 0 Å². The first-order valence-corrected chi connectivity index (χ1v) is 8.17. The summed E-state index contributed by atoms with van der Waals surface area (Å²) >= 11 is 0. The van der Waals surface area contributed by atoms with Gasteiger partial charge in [0, 0.05) is 18.6 Å². The molecule has 0 unspecified atom stereocenters. The number of aliphatic hydroxyl groups is 1. The first-order valence-electron chi connectivity index (χ1n) is 8.17. The second-order valence-corrected chi connectivity index (χ2v) is 6.36. The van der Waals surface area contributed by atoms with Gasteiger partial charge in [0.05, 0.1) is 17.7 Å². The maximum absolute atomic E-state index is 12.7. The van der Waals surface area contributed by atoms with Crippen LogP contribution in [0.5, 0.6) is 0 Å². The van der Waals surface area contributed by atoms with Crippen LogP contribution < -0.4 is 5.32 Å². The molecule has 1 fully saturated rings. The molecule has 0 bridgehead atoms. The van der Waals surface area contributed by atoms with E-state index in [1.54, 1.807) is 18.5 Å². The average molecular weight is 321 g/mol. The predicted molar refractivity (Wildman–Crippen MR) is 90.6 cm³/mol. The van der Waals surface area contributed by atoms with Crippen molar-refractivity contribution < 1.29 is 9.90 Å². The highest BCUT2D eigenvalue weighted by molar-refractivity contribution is 5.94. The van der Waals surface area contributed by atoms with Gasteiger partial charge in [-0.2, -0.15) is 0 Å². The number of hydrogen-bond donors (Lipinski definition) is 2. The Morgan fingerprint density at radius 1 is 1.21 bits per heavy atom. The van der Waals surface area contributed by atoms with Crippen molar-refractivity contribution in [1.29, 1.82) is 0 Å². The lowest BCUT2D eigenvalue weighted by atomic mass is 9.75. The van der Waals surface area contributed by atoms with Crippen LogP contribution in [0.15, 0.2) is 61.1 Å². The molecule has 2 N–H and O–H groups in total. The molecule has 5 heteroatoms. The van der Waals surface area contributed by atoms with Crippen LogP contribution in [0, 0.1) is 5.92 Å². The quantitative estimate of drug-likeness (QED) is 0.776. The molecule has 1 saturated carbocycles. The van der Waals surface area contributed by atoms with Crippen molar-refractivity contribution in [2.75, 3.05) is 0 Å². The zero-order chi connectivity index (χ0) is 16.5. The van der Waals surface area contributed by atoms with E-state index in [1.165, 1.54) is 0 Å². The maximum atomic E-state index is 12.7. The molecule has 24 heavy (non-hydrogen) atoms. The Kier molecular flexibility index (Phi) is 3.78. The van der Waals surface area contributed by atoms with Crippen LogP contribution in [-0.4, -0.2) is 26.5 Å². The van der Waals surface area contributed by atoms with Gasteiger partial charge in [0.15, 0.2) is 0 Å². The van der Waals surface area contributed by atoms with Gasteiger partial charge in [-0.05, 0) is 36.5 Å². The zero-order valence-electron chi connectivity index (χ0n) is 13.2. The van der Waals surface area contributed by atoms with Gasteiger partial charge in [0.25, 0.3) is 5.91 Å². The Hall–Kier alpha value is -2.66. The highest BCUT2D eigenvalue weighted by Gasteiger charge is 2.35. The zero-order valence-corrected chi connectivity index (χ0v) is 13.2. The third-order valence-corrected chi connectivity index (χ3v) is 4.72. The standard InChI is InChI=1S/C19H19N3O2/c23-16-10-15(11-16)18(13-4-2-1-3-5-13)21-19(24)14-6-7-17-20-8-9-22(17)12-14/h1-9,12,15-16,18,23H,10-11H2,(H,21,24)/t15?,16?,18-/m1/s1. The number of rotatable bonds is 4. The molecule has 0 spiro atoms. The summed E-state index contributed by atoms with van der Waals surface area (Å²) in [6.45, 7) is 0. The lowest BCUT2D eigenvalue weighted by Crippen LogP contribution is -2.41. The number of pyridine rings is 1. The summed E-state index contributed by atoms with van der Waals surface area (Å²) in [6, 6.07) is 13.5. The molecular formula is C19H19N3O2. The van der Waals surface area contributed by atoms with Crippen LogP contribution in [0.2, 0.25) is 0 Å². The Morgan fingerprint density at radius 2 is 2.00 bits per heavy atom. The van der Waals surface area contributed by atoms with E-state index < -0.39 is 0 Å². The first kappa shape index (κ1) is 14.9. The van der Waals surface area contributed by atoms with Gasteiger partial charge in [-0.25, -0.2) is 4.98 Å². The van der Waals surface area contributed by atoms with Crippen LogP contribution in [0.4, 0.5) is 0 Å². The minimum atomic E-state index is -0.250. The molecule has 1 atom stereocenters. The van der Waals surface area contributed by atoms with E-state index in [4.69, 9.17) is 0 Å². The van der Waals surface area contributed by atoms with Crippen molar-refractivity contribution in [3.05, 3.63) is 72.2 Å². The topological polar surface area (TPSA) is 66.6 Å². The molecule has 1 amide bonds. The Balaban J connectivity index is 1.58. The largest absolute Gasteiger partial charge is 0.393 e. The van der Waals surface area contributed by atoms with Gasteiger partial charge in [-0.3, -0.25) is 4.79 Å². The third kappa shape index (κ3) is 2.78. The third-order valence-electron chi connectivity index (χ3n) is 4.72. The lowest BCUT2D eigenvalue weighted by molar-refractivity contribution is 0.0235. The van der Waals surface area contributed by atoms with Gasteiger partial charge in [-0.1, -0.05) is 30.3 Å². The number of aliphatic hydroxyl groups excluding tert-OH is 1. The average Bonchev–Trinajstić information content (AvgIpc) is 3.05. The van der Waals surface area contributed by atoms with E-state index in [9.17, 15) is 9.90 Å². The van der Waals surface area contributed by atoms with Crippen LogP contribution in [0.1, 0.15) is 34.8 Å². The summed E-state index contributed by atoms with van der Waals surface area (Å²) in [5.74, 6) is 0.157. The summed E-state index contributed by atoms with van der Waals surface area (Å²) < 4.78 is 1.83. The van der Waals surface area contributed by atoms with Gasteiger partial charge < -0.3 is 14.8 Å². The summed E-state index contributed by atoms with van der Waals surface area (Å²) in [6.07, 6.45) is 6.51. The highest BCUT2D eigenvalue weighted by atomic mass is 16.3. The molecule has 3 aromatic rings. The van der Waals surface area contributed by atoms with Crippen LogP contribution in [0.25, 0.3) is 5.65 Å². The smallest absolute Gasteiger partial charge is 0.253 e. The molecule has 5 nitrogen and oxygen atoms in total. The van der Waals surface area contributed by atoms with E-state index in [1.807, 2.05) is 47.0 Å². The van der Waals surface area contributed by atoms with E-state index in [2.05, 4.69) is 10.3 Å². The number of nitrogens with one attached hydrogen (secondary N) is 1. The predicted octanol–water partition coefficient (Wildman–Crippen LogP) is 2.58. The van der Waals surface area contributed by atoms with E-state index in [-0.39, 0.29) is 24.0 Å². The number of amides is 1. The molecule has 122 valence electrons. The Morgan fingerprint density at radius 3 is 2.75 bits per heavy atom. The van der Waals surface area contributed by atoms with Crippen molar-refractivity contribution in [3.8, 4) is 0 Å². The molecule has 4 rings (SSSR count). The number of hydrogen-bond acceptors (Lipinski definition) is 3. The van der Waals surface area contributed by atoms with Crippen molar-refractivity contribution in [2.24, 2.45) is 5.92 Å². The lowest BCUT2D eigenvalue weighted by Gasteiger charge is -2.38. The fourth-order valence-electron chi connectivity index (χ4n) is 3.31. The van der Waals surface area contributed by atoms with Crippen molar-refractivity contribution in [2.45, 2.75) is 25.0 Å². The van der Waals surface area contributed by atoms with Gasteiger partial charge >= 0.3 is 0 Å². The molecule has 0 saturated heterocycles. The fourth-order valence-corrected chi connectivity index (χ4v) is 3.31. The van der Waals surface area contributed by atoms with Gasteiger partial charge in [-0.15, -0.1) is 0 Å². The van der Waals surface area contributed by atoms with E-state index >= 15 is 0 Å². The monoisotopic (exact) mass is 321 g/mol. The van der Waals surface area contributed by atoms with Crippen LogP contribution >= 0.6 is 0 Å². The number of imidazole rings is 1. The number of carbonyl (C=O) groups excluding carboxylic acids is 1. The number of nitrogens with zero attached hydrogens (tertiary/aromatic N) is 2. The van der Waals surface area contributed by atoms with Crippen molar-refractivity contribution >= 4 is 11.6 Å². The number of benzene rings is 1. The van der Waals surface area contributed by atoms with Crippen LogP contribution in [0.3, 0.4) is 0 Å². The Bertz CT molecular complexity index is 853. The summed E-state index contributed by atoms with van der Waals surface area (Å²) in [4.78, 5) is 16.9. The normalized spacial score (nSPS) is 21.2. The van der Waals surface area contributed by atoms with Crippen LogP contribution in [-0.2, 0) is 0 Å². The van der Waals surface area contributed by atoms with E-state index in [0.717, 1.165) is 24.1 Å².